The number of para-hydroxylation sites is 1. The van der Waals surface area contributed by atoms with Gasteiger partial charge in [-0.15, -0.1) is 0 Å². The van der Waals surface area contributed by atoms with Gasteiger partial charge in [0.25, 0.3) is 0 Å². The summed E-state index contributed by atoms with van der Waals surface area (Å²) in [7, 11) is 1.74. The summed E-state index contributed by atoms with van der Waals surface area (Å²) in [5.41, 5.74) is 8.68. The molecule has 8 heteroatoms. The zero-order valence-corrected chi connectivity index (χ0v) is 17.2. The van der Waals surface area contributed by atoms with Crippen molar-refractivity contribution >= 4 is 16.9 Å². The van der Waals surface area contributed by atoms with Crippen molar-refractivity contribution in [3.63, 3.8) is 0 Å². The van der Waals surface area contributed by atoms with E-state index in [0.717, 1.165) is 53.3 Å². The summed E-state index contributed by atoms with van der Waals surface area (Å²) in [5.74, 6) is 1.96. The van der Waals surface area contributed by atoms with Gasteiger partial charge in [-0.3, -0.25) is 0 Å². The second kappa shape index (κ2) is 8.33. The normalized spacial score (nSPS) is 18.9. The van der Waals surface area contributed by atoms with Gasteiger partial charge in [0.05, 0.1) is 17.5 Å². The molecule has 3 N–H and O–H groups in total. The van der Waals surface area contributed by atoms with Crippen LogP contribution in [0, 0.1) is 0 Å². The Hall–Kier alpha value is -3.49. The predicted molar refractivity (Wildman–Crippen MR) is 119 cm³/mol. The molecule has 1 fully saturated rings. The van der Waals surface area contributed by atoms with Crippen LogP contribution in [0.2, 0.25) is 0 Å². The van der Waals surface area contributed by atoms with E-state index in [1.165, 1.54) is 6.33 Å². The number of rotatable bonds is 5. The largest absolute Gasteiger partial charge is 0.457 e. The standard InChI is InChI=1S/C23H24N6O2/c1-30-19-11-16(12-25-13-19)29-23-20(22(24)26-14-27-23)21(28-29)15-7-9-18(10-8-15)31-17-5-3-2-4-6-17/h2-10,14,16,19,25H,11-13H2,1H3,(H2,24,26,27)/t16-,19-/m1/s1. The molecule has 0 radical (unpaired) electrons. The number of nitrogens with one attached hydrogen (secondary N) is 1. The van der Waals surface area contributed by atoms with Crippen molar-refractivity contribution in [1.29, 1.82) is 0 Å². The van der Waals surface area contributed by atoms with E-state index in [-0.39, 0.29) is 12.1 Å². The highest BCUT2D eigenvalue weighted by Gasteiger charge is 2.27. The Kier molecular flexibility index (Phi) is 5.23. The number of hydrogen-bond donors (Lipinski definition) is 2. The van der Waals surface area contributed by atoms with Crippen LogP contribution in [0.3, 0.4) is 0 Å². The molecule has 2 atom stereocenters. The Balaban J connectivity index is 1.51. The number of piperidine rings is 1. The van der Waals surface area contributed by atoms with Gasteiger partial charge < -0.3 is 20.5 Å². The minimum Gasteiger partial charge on any atom is -0.457 e. The fraction of sp³-hybridized carbons (Fsp3) is 0.261. The zero-order valence-electron chi connectivity index (χ0n) is 17.2. The third-order valence-corrected chi connectivity index (χ3v) is 5.59. The number of nitrogens with zero attached hydrogens (tertiary/aromatic N) is 4. The Bertz CT molecular complexity index is 1180. The van der Waals surface area contributed by atoms with Crippen molar-refractivity contribution in [2.24, 2.45) is 0 Å². The highest BCUT2D eigenvalue weighted by atomic mass is 16.5. The molecule has 31 heavy (non-hydrogen) atoms. The maximum absolute atomic E-state index is 6.25. The van der Waals surface area contributed by atoms with E-state index in [1.54, 1.807) is 7.11 Å². The summed E-state index contributed by atoms with van der Waals surface area (Å²) in [6.07, 6.45) is 2.48. The Labute approximate surface area is 180 Å². The monoisotopic (exact) mass is 416 g/mol. The molecule has 0 aliphatic carbocycles. The van der Waals surface area contributed by atoms with Crippen molar-refractivity contribution in [2.75, 3.05) is 25.9 Å². The van der Waals surface area contributed by atoms with Crippen LogP contribution in [0.25, 0.3) is 22.3 Å². The van der Waals surface area contributed by atoms with Gasteiger partial charge in [-0.25, -0.2) is 14.6 Å². The molecule has 0 spiro atoms. The lowest BCUT2D eigenvalue weighted by atomic mass is 10.1. The third kappa shape index (κ3) is 3.83. The molecule has 2 aromatic heterocycles. The number of methoxy groups -OCH3 is 1. The minimum absolute atomic E-state index is 0.116. The van der Waals surface area contributed by atoms with Crippen molar-refractivity contribution in [3.8, 4) is 22.8 Å². The topological polar surface area (TPSA) is 100 Å². The van der Waals surface area contributed by atoms with Crippen LogP contribution >= 0.6 is 0 Å². The fourth-order valence-electron chi connectivity index (χ4n) is 4.00. The Morgan fingerprint density at radius 2 is 1.77 bits per heavy atom. The van der Waals surface area contributed by atoms with Gasteiger partial charge in [-0.2, -0.15) is 5.10 Å². The van der Waals surface area contributed by atoms with Crippen LogP contribution in [0.5, 0.6) is 11.5 Å². The summed E-state index contributed by atoms with van der Waals surface area (Å²) < 4.78 is 13.4. The van der Waals surface area contributed by atoms with E-state index in [1.807, 2.05) is 59.3 Å². The maximum Gasteiger partial charge on any atom is 0.164 e. The van der Waals surface area contributed by atoms with Crippen LogP contribution in [-0.4, -0.2) is 46.1 Å². The number of fused-ring (bicyclic) bond motifs is 1. The van der Waals surface area contributed by atoms with Gasteiger partial charge in [0.15, 0.2) is 5.65 Å². The number of ether oxygens (including phenoxy) is 2. The van der Waals surface area contributed by atoms with E-state index in [2.05, 4.69) is 15.3 Å². The molecule has 0 amide bonds. The molecule has 2 aromatic carbocycles. The van der Waals surface area contributed by atoms with Gasteiger partial charge >= 0.3 is 0 Å². The number of benzene rings is 2. The number of hydrogen-bond acceptors (Lipinski definition) is 7. The first-order valence-corrected chi connectivity index (χ1v) is 10.3. The van der Waals surface area contributed by atoms with Gasteiger partial charge in [0, 0.05) is 25.8 Å². The quantitative estimate of drug-likeness (QED) is 0.514. The minimum atomic E-state index is 0.116. The first-order chi connectivity index (χ1) is 15.2. The Morgan fingerprint density at radius 3 is 2.55 bits per heavy atom. The lowest BCUT2D eigenvalue weighted by Crippen LogP contribution is -2.41. The predicted octanol–water partition coefficient (Wildman–Crippen LogP) is 3.42. The number of nitrogen functional groups attached to an aromatic ring is 1. The highest BCUT2D eigenvalue weighted by molar-refractivity contribution is 5.98. The van der Waals surface area contributed by atoms with Crippen molar-refractivity contribution in [2.45, 2.75) is 18.6 Å². The van der Waals surface area contributed by atoms with Gasteiger partial charge in [-0.1, -0.05) is 18.2 Å². The van der Waals surface area contributed by atoms with Crippen molar-refractivity contribution < 1.29 is 9.47 Å². The van der Waals surface area contributed by atoms with E-state index in [0.29, 0.717) is 5.82 Å². The molecule has 0 unspecified atom stereocenters. The van der Waals surface area contributed by atoms with Gasteiger partial charge in [0.2, 0.25) is 0 Å². The summed E-state index contributed by atoms with van der Waals surface area (Å²) >= 11 is 0. The summed E-state index contributed by atoms with van der Waals surface area (Å²) in [6, 6.07) is 17.6. The zero-order chi connectivity index (χ0) is 21.2. The molecule has 8 nitrogen and oxygen atoms in total. The lowest BCUT2D eigenvalue weighted by Gasteiger charge is -2.29. The van der Waals surface area contributed by atoms with E-state index in [4.69, 9.17) is 20.3 Å². The van der Waals surface area contributed by atoms with Crippen molar-refractivity contribution in [1.82, 2.24) is 25.1 Å². The molecule has 0 saturated carbocycles. The van der Waals surface area contributed by atoms with Gasteiger partial charge in [0.1, 0.15) is 29.3 Å². The summed E-state index contributed by atoms with van der Waals surface area (Å²) in [6.45, 7) is 1.63. The number of aromatic nitrogens is 4. The third-order valence-electron chi connectivity index (χ3n) is 5.59. The van der Waals surface area contributed by atoms with Crippen LogP contribution in [0.1, 0.15) is 12.5 Å². The molecule has 5 rings (SSSR count). The molecule has 158 valence electrons. The average Bonchev–Trinajstić information content (AvgIpc) is 3.21. The SMILES string of the molecule is CO[C@H]1CNC[C@H](n2nc(-c3ccc(Oc4ccccc4)cc3)c3c(N)ncnc32)C1. The molecule has 1 aliphatic heterocycles. The average molecular weight is 416 g/mol. The van der Waals surface area contributed by atoms with Crippen molar-refractivity contribution in [3.05, 3.63) is 60.9 Å². The van der Waals surface area contributed by atoms with Crippen LogP contribution in [-0.2, 0) is 4.74 Å². The molecule has 3 heterocycles. The number of nitrogens with two attached hydrogens (primary N) is 1. The van der Waals surface area contributed by atoms with Crippen LogP contribution in [0.4, 0.5) is 5.82 Å². The second-order valence-corrected chi connectivity index (χ2v) is 7.60. The molecule has 1 aliphatic rings. The lowest BCUT2D eigenvalue weighted by molar-refractivity contribution is 0.0623. The summed E-state index contributed by atoms with van der Waals surface area (Å²) in [5, 5.41) is 9.10. The highest BCUT2D eigenvalue weighted by Crippen LogP contribution is 2.34. The number of anilines is 1. The fourth-order valence-corrected chi connectivity index (χ4v) is 4.00. The smallest absolute Gasteiger partial charge is 0.164 e. The van der Waals surface area contributed by atoms with Crippen LogP contribution in [0.15, 0.2) is 60.9 Å². The first kappa shape index (κ1) is 19.5. The summed E-state index contributed by atoms with van der Waals surface area (Å²) in [4.78, 5) is 8.71. The second-order valence-electron chi connectivity index (χ2n) is 7.60. The van der Waals surface area contributed by atoms with E-state index >= 15 is 0 Å². The van der Waals surface area contributed by atoms with E-state index < -0.39 is 0 Å². The van der Waals surface area contributed by atoms with Crippen LogP contribution < -0.4 is 15.8 Å². The van der Waals surface area contributed by atoms with Gasteiger partial charge in [-0.05, 0) is 42.8 Å². The molecule has 4 aromatic rings. The Morgan fingerprint density at radius 1 is 1.00 bits per heavy atom. The van der Waals surface area contributed by atoms with E-state index in [9.17, 15) is 0 Å². The maximum atomic E-state index is 6.25. The molecular weight excluding hydrogens is 392 g/mol. The molecule has 0 bridgehead atoms. The molecular formula is C23H24N6O2. The first-order valence-electron chi connectivity index (χ1n) is 10.3. The molecule has 1 saturated heterocycles.